The molecule has 4 heteroatoms. The van der Waals surface area contributed by atoms with Gasteiger partial charge in [-0.25, -0.2) is 0 Å². The van der Waals surface area contributed by atoms with Crippen LogP contribution in [0.15, 0.2) is 42.0 Å². The van der Waals surface area contributed by atoms with E-state index in [-0.39, 0.29) is 11.6 Å². The van der Waals surface area contributed by atoms with E-state index in [1.807, 2.05) is 31.3 Å². The number of nitrogens with zero attached hydrogens (tertiary/aromatic N) is 1. The van der Waals surface area contributed by atoms with Crippen molar-refractivity contribution in [3.63, 3.8) is 0 Å². The van der Waals surface area contributed by atoms with Crippen LogP contribution in [0.2, 0.25) is 0 Å². The molecule has 0 saturated heterocycles. The van der Waals surface area contributed by atoms with Gasteiger partial charge in [-0.05, 0) is 25.3 Å². The van der Waals surface area contributed by atoms with E-state index in [0.717, 1.165) is 17.7 Å². The quantitative estimate of drug-likeness (QED) is 0.789. The SMILES string of the molecule is C[C@]1(OC(=O)CCc2cncs2)C[C@@H]1c1ccccc1. The zero-order valence-corrected chi connectivity index (χ0v) is 12.2. The van der Waals surface area contributed by atoms with Crippen molar-refractivity contribution < 1.29 is 9.53 Å². The fourth-order valence-corrected chi connectivity index (χ4v) is 3.12. The Morgan fingerprint density at radius 1 is 1.45 bits per heavy atom. The first kappa shape index (κ1) is 13.3. The van der Waals surface area contributed by atoms with Crippen molar-refractivity contribution in [2.75, 3.05) is 0 Å². The first-order valence-corrected chi connectivity index (χ1v) is 7.69. The number of rotatable bonds is 5. The Balaban J connectivity index is 1.52. The maximum atomic E-state index is 11.9. The summed E-state index contributed by atoms with van der Waals surface area (Å²) in [5.74, 6) is 0.232. The molecular formula is C16H17NO2S. The minimum atomic E-state index is -0.313. The minimum absolute atomic E-state index is 0.112. The third kappa shape index (κ3) is 2.90. The number of esters is 1. The zero-order valence-electron chi connectivity index (χ0n) is 11.4. The summed E-state index contributed by atoms with van der Waals surface area (Å²) in [5, 5.41) is 0. The van der Waals surface area contributed by atoms with Gasteiger partial charge in [-0.15, -0.1) is 11.3 Å². The highest BCUT2D eigenvalue weighted by atomic mass is 32.1. The molecule has 0 unspecified atom stereocenters. The van der Waals surface area contributed by atoms with Crippen LogP contribution in [0.25, 0.3) is 0 Å². The number of aryl methyl sites for hydroxylation is 1. The summed E-state index contributed by atoms with van der Waals surface area (Å²) in [5.41, 5.74) is 2.73. The van der Waals surface area contributed by atoms with Crippen molar-refractivity contribution in [3.8, 4) is 0 Å². The van der Waals surface area contributed by atoms with E-state index >= 15 is 0 Å². The van der Waals surface area contributed by atoms with Gasteiger partial charge in [0.05, 0.1) is 11.9 Å². The largest absolute Gasteiger partial charge is 0.459 e. The van der Waals surface area contributed by atoms with Gasteiger partial charge in [0.15, 0.2) is 0 Å². The summed E-state index contributed by atoms with van der Waals surface area (Å²) in [6.07, 6.45) is 3.88. The molecule has 0 amide bonds. The average molecular weight is 287 g/mol. The second-order valence-corrected chi connectivity index (χ2v) is 6.39. The molecule has 0 aliphatic heterocycles. The minimum Gasteiger partial charge on any atom is -0.459 e. The second kappa shape index (κ2) is 5.37. The van der Waals surface area contributed by atoms with Crippen LogP contribution < -0.4 is 0 Å². The number of hydrogen-bond acceptors (Lipinski definition) is 4. The number of ether oxygens (including phenoxy) is 1. The third-order valence-electron chi connectivity index (χ3n) is 3.79. The predicted molar refractivity (Wildman–Crippen MR) is 78.7 cm³/mol. The fourth-order valence-electron chi connectivity index (χ4n) is 2.52. The third-order valence-corrected chi connectivity index (χ3v) is 4.63. The molecule has 1 saturated carbocycles. The van der Waals surface area contributed by atoms with Crippen molar-refractivity contribution in [2.24, 2.45) is 0 Å². The lowest BCUT2D eigenvalue weighted by atomic mass is 10.1. The molecule has 0 N–H and O–H groups in total. The van der Waals surface area contributed by atoms with Gasteiger partial charge in [0.2, 0.25) is 0 Å². The molecule has 1 aromatic heterocycles. The maximum Gasteiger partial charge on any atom is 0.306 e. The highest BCUT2D eigenvalue weighted by Gasteiger charge is 2.54. The van der Waals surface area contributed by atoms with E-state index in [4.69, 9.17) is 4.74 Å². The molecule has 20 heavy (non-hydrogen) atoms. The van der Waals surface area contributed by atoms with Crippen molar-refractivity contribution in [2.45, 2.75) is 37.7 Å². The molecule has 3 nitrogen and oxygen atoms in total. The van der Waals surface area contributed by atoms with Crippen molar-refractivity contribution >= 4 is 17.3 Å². The van der Waals surface area contributed by atoms with Gasteiger partial charge in [0.25, 0.3) is 0 Å². The first-order valence-electron chi connectivity index (χ1n) is 6.81. The summed E-state index contributed by atoms with van der Waals surface area (Å²) in [6, 6.07) is 10.3. The first-order chi connectivity index (χ1) is 9.67. The molecule has 1 aliphatic rings. The van der Waals surface area contributed by atoms with E-state index in [9.17, 15) is 4.79 Å². The van der Waals surface area contributed by atoms with E-state index in [0.29, 0.717) is 12.3 Å². The summed E-state index contributed by atoms with van der Waals surface area (Å²) in [4.78, 5) is 17.1. The lowest BCUT2D eigenvalue weighted by Crippen LogP contribution is -2.18. The number of thiazole rings is 1. The van der Waals surface area contributed by atoms with Crippen molar-refractivity contribution in [3.05, 3.63) is 52.5 Å². The maximum absolute atomic E-state index is 11.9. The number of hydrogen-bond donors (Lipinski definition) is 0. The highest BCUT2D eigenvalue weighted by Crippen LogP contribution is 2.54. The van der Waals surface area contributed by atoms with Crippen LogP contribution in [-0.2, 0) is 16.0 Å². The Bertz CT molecular complexity index is 582. The molecule has 1 fully saturated rings. The average Bonchev–Trinajstić information content (AvgIpc) is 2.89. The summed E-state index contributed by atoms with van der Waals surface area (Å²) in [7, 11) is 0. The molecule has 1 aliphatic carbocycles. The molecule has 104 valence electrons. The van der Waals surface area contributed by atoms with E-state index in [2.05, 4.69) is 17.1 Å². The molecule has 1 heterocycles. The lowest BCUT2D eigenvalue weighted by Gasteiger charge is -2.13. The van der Waals surface area contributed by atoms with Gasteiger partial charge in [-0.2, -0.15) is 0 Å². The molecule has 3 rings (SSSR count). The van der Waals surface area contributed by atoms with Crippen molar-refractivity contribution in [1.29, 1.82) is 0 Å². The molecule has 0 spiro atoms. The Labute approximate surface area is 122 Å². The van der Waals surface area contributed by atoms with Gasteiger partial charge in [-0.3, -0.25) is 9.78 Å². The van der Waals surface area contributed by atoms with Crippen LogP contribution in [0.1, 0.15) is 36.1 Å². The van der Waals surface area contributed by atoms with Gasteiger partial charge in [-0.1, -0.05) is 30.3 Å². The van der Waals surface area contributed by atoms with Crippen LogP contribution in [0.4, 0.5) is 0 Å². The molecular weight excluding hydrogens is 270 g/mol. The van der Waals surface area contributed by atoms with Gasteiger partial charge >= 0.3 is 5.97 Å². The zero-order chi connectivity index (χ0) is 14.0. The monoisotopic (exact) mass is 287 g/mol. The van der Waals surface area contributed by atoms with E-state index in [1.54, 1.807) is 16.8 Å². The second-order valence-electron chi connectivity index (χ2n) is 5.42. The van der Waals surface area contributed by atoms with Crippen LogP contribution >= 0.6 is 11.3 Å². The number of carbonyl (C=O) groups excluding carboxylic acids is 1. The number of carbonyl (C=O) groups is 1. The Morgan fingerprint density at radius 2 is 2.25 bits per heavy atom. The Hall–Kier alpha value is -1.68. The Morgan fingerprint density at radius 3 is 2.95 bits per heavy atom. The van der Waals surface area contributed by atoms with Crippen molar-refractivity contribution in [1.82, 2.24) is 4.98 Å². The highest BCUT2D eigenvalue weighted by molar-refractivity contribution is 7.09. The summed E-state index contributed by atoms with van der Waals surface area (Å²) >= 11 is 1.58. The van der Waals surface area contributed by atoms with Gasteiger partial charge in [0, 0.05) is 17.0 Å². The van der Waals surface area contributed by atoms with Crippen LogP contribution in [0.3, 0.4) is 0 Å². The lowest BCUT2D eigenvalue weighted by molar-refractivity contribution is -0.150. The van der Waals surface area contributed by atoms with E-state index < -0.39 is 0 Å². The molecule has 2 atom stereocenters. The van der Waals surface area contributed by atoms with Crippen LogP contribution in [0, 0.1) is 0 Å². The molecule has 1 aromatic carbocycles. The molecule has 2 aromatic rings. The van der Waals surface area contributed by atoms with Gasteiger partial charge < -0.3 is 4.74 Å². The normalized spacial score (nSPS) is 24.4. The topological polar surface area (TPSA) is 39.2 Å². The van der Waals surface area contributed by atoms with Crippen LogP contribution in [0.5, 0.6) is 0 Å². The molecule has 0 bridgehead atoms. The van der Waals surface area contributed by atoms with Gasteiger partial charge in [0.1, 0.15) is 5.60 Å². The predicted octanol–water partition coefficient (Wildman–Crippen LogP) is 3.57. The Kier molecular flexibility index (Phi) is 3.57. The summed E-state index contributed by atoms with van der Waals surface area (Å²) < 4.78 is 5.66. The van der Waals surface area contributed by atoms with Crippen LogP contribution in [-0.4, -0.2) is 16.6 Å². The number of aromatic nitrogens is 1. The fraction of sp³-hybridized carbons (Fsp3) is 0.375. The molecule has 0 radical (unpaired) electrons. The standard InChI is InChI=1S/C16H17NO2S/c1-16(9-14(16)12-5-3-2-4-6-12)19-15(18)8-7-13-10-17-11-20-13/h2-6,10-11,14H,7-9H2,1H3/t14-,16+/m1/s1. The number of benzene rings is 1. The summed E-state index contributed by atoms with van der Waals surface area (Å²) in [6.45, 7) is 2.02. The van der Waals surface area contributed by atoms with E-state index in [1.165, 1.54) is 5.56 Å². The smallest absolute Gasteiger partial charge is 0.306 e.